The Morgan fingerprint density at radius 2 is 1.64 bits per heavy atom. The molecule has 6 heteroatoms. The first-order chi connectivity index (χ1) is 12.2. The van der Waals surface area contributed by atoms with Crippen LogP contribution < -0.4 is 5.56 Å². The third kappa shape index (κ3) is 2.97. The first-order valence-electron chi connectivity index (χ1n) is 7.68. The van der Waals surface area contributed by atoms with Crippen molar-refractivity contribution in [3.8, 4) is 11.3 Å². The summed E-state index contributed by atoms with van der Waals surface area (Å²) in [5.41, 5.74) is 1.45. The number of fused-ring (bicyclic) bond motifs is 1. The van der Waals surface area contributed by atoms with E-state index >= 15 is 0 Å². The third-order valence-electron chi connectivity index (χ3n) is 3.86. The number of hydrogen-bond acceptors (Lipinski definition) is 3. The molecule has 5 nitrogen and oxygen atoms in total. The largest absolute Gasteiger partial charge is 0.295 e. The number of hydrogen-bond donors (Lipinski definition) is 2. The second-order valence-corrected chi connectivity index (χ2v) is 5.54. The zero-order chi connectivity index (χ0) is 17.2. The van der Waals surface area contributed by atoms with Gasteiger partial charge in [0, 0.05) is 11.6 Å². The molecule has 122 valence electrons. The number of aromatic nitrogens is 2. The lowest BCUT2D eigenvalue weighted by Crippen LogP contribution is -1.96. The molecule has 4 aromatic rings. The molecule has 0 fully saturated rings. The molecule has 0 aliphatic carbocycles. The van der Waals surface area contributed by atoms with Crippen LogP contribution in [0.15, 0.2) is 81.8 Å². The van der Waals surface area contributed by atoms with Gasteiger partial charge in [0.2, 0.25) is 0 Å². The molecule has 0 aliphatic rings. The van der Waals surface area contributed by atoms with Gasteiger partial charge in [0.05, 0.1) is 11.4 Å². The molecule has 0 aliphatic heterocycles. The van der Waals surface area contributed by atoms with Gasteiger partial charge in [-0.1, -0.05) is 42.5 Å². The van der Waals surface area contributed by atoms with Crippen LogP contribution in [-0.4, -0.2) is 10.2 Å². The van der Waals surface area contributed by atoms with E-state index in [4.69, 9.17) is 0 Å². The van der Waals surface area contributed by atoms with Gasteiger partial charge in [-0.25, -0.2) is 4.39 Å². The van der Waals surface area contributed by atoms with Gasteiger partial charge < -0.3 is 0 Å². The van der Waals surface area contributed by atoms with Gasteiger partial charge in [0.15, 0.2) is 5.69 Å². The standard InChI is InChI=1S/C19H13FN4O/c20-15-6-3-7-16(11-15)21-23-18-17(22-24-19(18)25)14-9-8-12-4-1-2-5-13(12)10-14/h1-11H,(H2,22,24,25). The first-order valence-corrected chi connectivity index (χ1v) is 7.68. The fourth-order valence-electron chi connectivity index (χ4n) is 2.65. The normalized spacial score (nSPS) is 11.4. The summed E-state index contributed by atoms with van der Waals surface area (Å²) >= 11 is 0. The lowest BCUT2D eigenvalue weighted by Gasteiger charge is -2.02. The molecule has 2 N–H and O–H groups in total. The highest BCUT2D eigenvalue weighted by atomic mass is 19.1. The Kier molecular flexibility index (Phi) is 3.70. The zero-order valence-electron chi connectivity index (χ0n) is 13.0. The topological polar surface area (TPSA) is 73.4 Å². The van der Waals surface area contributed by atoms with Gasteiger partial charge in [-0.15, -0.1) is 5.11 Å². The van der Waals surface area contributed by atoms with Gasteiger partial charge in [-0.2, -0.15) is 5.11 Å². The maximum Gasteiger partial charge on any atom is 0.292 e. The first kappa shape index (κ1) is 15.0. The molecule has 1 heterocycles. The molecular formula is C19H13FN4O. The van der Waals surface area contributed by atoms with Crippen molar-refractivity contribution in [3.05, 3.63) is 82.9 Å². The zero-order valence-corrected chi connectivity index (χ0v) is 13.0. The quantitative estimate of drug-likeness (QED) is 0.505. The maximum atomic E-state index is 13.2. The number of azo groups is 1. The van der Waals surface area contributed by atoms with Crippen molar-refractivity contribution in [2.45, 2.75) is 0 Å². The Morgan fingerprint density at radius 1 is 0.800 bits per heavy atom. The molecular weight excluding hydrogens is 319 g/mol. The lowest BCUT2D eigenvalue weighted by atomic mass is 10.0. The van der Waals surface area contributed by atoms with Crippen LogP contribution in [0.4, 0.5) is 15.8 Å². The Morgan fingerprint density at radius 3 is 2.48 bits per heavy atom. The highest BCUT2D eigenvalue weighted by molar-refractivity contribution is 5.88. The minimum Gasteiger partial charge on any atom is -0.295 e. The van der Waals surface area contributed by atoms with E-state index in [1.165, 1.54) is 18.2 Å². The van der Waals surface area contributed by atoms with E-state index in [0.29, 0.717) is 11.4 Å². The second-order valence-electron chi connectivity index (χ2n) is 5.54. The number of nitrogens with zero attached hydrogens (tertiary/aromatic N) is 2. The number of nitrogens with one attached hydrogen (secondary N) is 2. The Bertz CT molecular complexity index is 1140. The number of aromatic amines is 2. The van der Waals surface area contributed by atoms with Crippen molar-refractivity contribution in [3.63, 3.8) is 0 Å². The number of halogens is 1. The van der Waals surface area contributed by atoms with Gasteiger partial charge in [0.1, 0.15) is 5.82 Å². The van der Waals surface area contributed by atoms with Gasteiger partial charge in [-0.05, 0) is 29.0 Å². The van der Waals surface area contributed by atoms with E-state index in [0.717, 1.165) is 16.3 Å². The average molecular weight is 332 g/mol. The van der Waals surface area contributed by atoms with Crippen molar-refractivity contribution >= 4 is 22.1 Å². The third-order valence-corrected chi connectivity index (χ3v) is 3.86. The Balaban J connectivity index is 1.77. The van der Waals surface area contributed by atoms with Gasteiger partial charge >= 0.3 is 0 Å². The van der Waals surface area contributed by atoms with Crippen LogP contribution in [0.25, 0.3) is 22.0 Å². The van der Waals surface area contributed by atoms with E-state index in [-0.39, 0.29) is 11.2 Å². The minimum absolute atomic E-state index is 0.152. The molecule has 3 aromatic carbocycles. The van der Waals surface area contributed by atoms with Crippen LogP contribution in [0.5, 0.6) is 0 Å². The van der Waals surface area contributed by atoms with Crippen LogP contribution in [0.2, 0.25) is 0 Å². The van der Waals surface area contributed by atoms with Crippen molar-refractivity contribution < 1.29 is 4.39 Å². The lowest BCUT2D eigenvalue weighted by molar-refractivity contribution is 0.628. The molecule has 0 saturated heterocycles. The summed E-state index contributed by atoms with van der Waals surface area (Å²) in [6, 6.07) is 19.5. The summed E-state index contributed by atoms with van der Waals surface area (Å²) < 4.78 is 13.2. The van der Waals surface area contributed by atoms with Crippen LogP contribution in [-0.2, 0) is 0 Å². The summed E-state index contributed by atoms with van der Waals surface area (Å²) in [6.45, 7) is 0. The molecule has 0 radical (unpaired) electrons. The SMILES string of the molecule is O=c1[nH][nH]c(-c2ccc3ccccc3c2)c1N=Nc1cccc(F)c1. The molecule has 0 amide bonds. The summed E-state index contributed by atoms with van der Waals surface area (Å²) in [5, 5.41) is 15.5. The van der Waals surface area contributed by atoms with E-state index < -0.39 is 5.82 Å². The highest BCUT2D eigenvalue weighted by Gasteiger charge is 2.12. The summed E-state index contributed by atoms with van der Waals surface area (Å²) in [6.07, 6.45) is 0. The van der Waals surface area contributed by atoms with Gasteiger partial charge in [0.25, 0.3) is 5.56 Å². The summed E-state index contributed by atoms with van der Waals surface area (Å²) in [4.78, 5) is 12.1. The molecule has 0 saturated carbocycles. The number of H-pyrrole nitrogens is 2. The van der Waals surface area contributed by atoms with Crippen molar-refractivity contribution in [1.29, 1.82) is 0 Å². The molecule has 0 unspecified atom stereocenters. The predicted molar refractivity (Wildman–Crippen MR) is 94.9 cm³/mol. The maximum absolute atomic E-state index is 13.2. The summed E-state index contributed by atoms with van der Waals surface area (Å²) in [7, 11) is 0. The molecule has 4 rings (SSSR count). The van der Waals surface area contributed by atoms with E-state index in [1.807, 2.05) is 42.5 Å². The Labute approximate surface area is 141 Å². The van der Waals surface area contributed by atoms with Crippen molar-refractivity contribution in [2.24, 2.45) is 10.2 Å². The monoisotopic (exact) mass is 332 g/mol. The molecule has 0 atom stereocenters. The van der Waals surface area contributed by atoms with Crippen molar-refractivity contribution in [1.82, 2.24) is 10.2 Å². The van der Waals surface area contributed by atoms with Gasteiger partial charge in [-0.3, -0.25) is 15.0 Å². The molecule has 25 heavy (non-hydrogen) atoms. The van der Waals surface area contributed by atoms with Crippen LogP contribution in [0, 0.1) is 5.82 Å². The predicted octanol–water partition coefficient (Wildman–Crippen LogP) is 5.08. The van der Waals surface area contributed by atoms with Crippen molar-refractivity contribution in [2.75, 3.05) is 0 Å². The fourth-order valence-corrected chi connectivity index (χ4v) is 2.65. The smallest absolute Gasteiger partial charge is 0.292 e. The van der Waals surface area contributed by atoms with Crippen LogP contribution in [0.3, 0.4) is 0 Å². The van der Waals surface area contributed by atoms with Crippen LogP contribution in [0.1, 0.15) is 0 Å². The highest BCUT2D eigenvalue weighted by Crippen LogP contribution is 2.29. The second kappa shape index (κ2) is 6.16. The number of benzene rings is 3. The molecule has 0 bridgehead atoms. The average Bonchev–Trinajstić information content (AvgIpc) is 3.00. The van der Waals surface area contributed by atoms with Crippen LogP contribution >= 0.6 is 0 Å². The Hall–Kier alpha value is -3.54. The minimum atomic E-state index is -0.408. The van der Waals surface area contributed by atoms with E-state index in [2.05, 4.69) is 20.4 Å². The molecule has 0 spiro atoms. The van der Waals surface area contributed by atoms with E-state index in [1.54, 1.807) is 6.07 Å². The summed E-state index contributed by atoms with van der Waals surface area (Å²) in [5.74, 6) is -0.408. The molecule has 1 aromatic heterocycles. The fraction of sp³-hybridized carbons (Fsp3) is 0. The van der Waals surface area contributed by atoms with E-state index in [9.17, 15) is 9.18 Å². The number of rotatable bonds is 3.